The standard InChI is InChI=1S/C20H23N7O2.ClH/c1-19-5-6-20(2,25-19)11-14(10-19)29-17-4-3-15(23-24-17)18-16(28)9-13(12-21-18)27-8-7-22-26-27;/h3-4,7-9,12,14,25,28H,5-6,10-11H2,1-2H3;1H. The van der Waals surface area contributed by atoms with Crippen molar-refractivity contribution in [3.63, 3.8) is 0 Å². The van der Waals surface area contributed by atoms with Gasteiger partial charge in [0.15, 0.2) is 0 Å². The van der Waals surface area contributed by atoms with E-state index in [4.69, 9.17) is 4.74 Å². The summed E-state index contributed by atoms with van der Waals surface area (Å²) in [6, 6.07) is 5.11. The van der Waals surface area contributed by atoms with Crippen LogP contribution in [0.3, 0.4) is 0 Å². The first-order chi connectivity index (χ1) is 13.9. The van der Waals surface area contributed by atoms with Crippen molar-refractivity contribution in [3.8, 4) is 28.7 Å². The van der Waals surface area contributed by atoms with Crippen molar-refractivity contribution < 1.29 is 9.84 Å². The molecule has 5 rings (SSSR count). The van der Waals surface area contributed by atoms with Crippen molar-refractivity contribution in [1.82, 2.24) is 35.5 Å². The zero-order valence-corrected chi connectivity index (χ0v) is 17.6. The number of hydrogen-bond donors (Lipinski definition) is 2. The van der Waals surface area contributed by atoms with Crippen LogP contribution in [0.4, 0.5) is 0 Å². The van der Waals surface area contributed by atoms with Crippen molar-refractivity contribution in [2.75, 3.05) is 0 Å². The normalized spacial score (nSPS) is 27.5. The number of nitrogens with one attached hydrogen (secondary N) is 1. The first kappa shape index (κ1) is 20.5. The zero-order chi connectivity index (χ0) is 20.1. The lowest BCUT2D eigenvalue weighted by molar-refractivity contribution is 0.0754. The number of rotatable bonds is 4. The number of nitrogens with zero attached hydrogens (tertiary/aromatic N) is 6. The lowest BCUT2D eigenvalue weighted by Gasteiger charge is -2.41. The Balaban J connectivity index is 0.00000218. The summed E-state index contributed by atoms with van der Waals surface area (Å²) in [6.45, 7) is 4.53. The summed E-state index contributed by atoms with van der Waals surface area (Å²) in [5, 5.41) is 30.2. The van der Waals surface area contributed by atoms with Gasteiger partial charge in [-0.3, -0.25) is 0 Å². The topological polar surface area (TPSA) is 111 Å². The number of piperidine rings is 1. The Morgan fingerprint density at radius 2 is 1.93 bits per heavy atom. The fourth-order valence-corrected chi connectivity index (χ4v) is 4.66. The van der Waals surface area contributed by atoms with Gasteiger partial charge in [-0.2, -0.15) is 0 Å². The van der Waals surface area contributed by atoms with Gasteiger partial charge in [0.1, 0.15) is 23.2 Å². The second-order valence-corrected chi connectivity index (χ2v) is 8.56. The average Bonchev–Trinajstić information content (AvgIpc) is 3.28. The first-order valence-electron chi connectivity index (χ1n) is 9.77. The van der Waals surface area contributed by atoms with E-state index in [1.807, 2.05) is 0 Å². The molecule has 0 saturated carbocycles. The van der Waals surface area contributed by atoms with E-state index in [9.17, 15) is 5.11 Å². The van der Waals surface area contributed by atoms with E-state index < -0.39 is 0 Å². The SMILES string of the molecule is CC12CCC(C)(CC(Oc3ccc(-c4ncc(-n5ccnn5)cc4O)nn3)C1)N2.Cl. The summed E-state index contributed by atoms with van der Waals surface area (Å²) < 4.78 is 7.66. The maximum absolute atomic E-state index is 10.4. The fraction of sp³-hybridized carbons (Fsp3) is 0.450. The van der Waals surface area contributed by atoms with E-state index in [0.717, 1.165) is 12.8 Å². The summed E-state index contributed by atoms with van der Waals surface area (Å²) in [6.07, 6.45) is 9.20. The molecule has 2 unspecified atom stereocenters. The predicted octanol–water partition coefficient (Wildman–Crippen LogP) is 2.69. The summed E-state index contributed by atoms with van der Waals surface area (Å²) in [5.41, 5.74) is 1.70. The van der Waals surface area contributed by atoms with Crippen molar-refractivity contribution in [2.24, 2.45) is 0 Å². The zero-order valence-electron chi connectivity index (χ0n) is 16.8. The van der Waals surface area contributed by atoms with Crippen LogP contribution in [0.2, 0.25) is 0 Å². The number of aromatic nitrogens is 6. The third-order valence-electron chi connectivity index (χ3n) is 5.90. The molecule has 2 bridgehead atoms. The predicted molar refractivity (Wildman–Crippen MR) is 112 cm³/mol. The monoisotopic (exact) mass is 429 g/mol. The third kappa shape index (κ3) is 3.82. The second kappa shape index (κ2) is 7.48. The molecule has 2 saturated heterocycles. The molecule has 2 aliphatic heterocycles. The number of ether oxygens (including phenoxy) is 1. The Morgan fingerprint density at radius 1 is 1.17 bits per heavy atom. The van der Waals surface area contributed by atoms with Gasteiger partial charge in [0.25, 0.3) is 0 Å². The van der Waals surface area contributed by atoms with Crippen LogP contribution < -0.4 is 10.1 Å². The van der Waals surface area contributed by atoms with Crippen LogP contribution in [0.1, 0.15) is 39.5 Å². The van der Waals surface area contributed by atoms with E-state index in [2.05, 4.69) is 44.7 Å². The maximum atomic E-state index is 10.4. The molecular weight excluding hydrogens is 406 g/mol. The minimum Gasteiger partial charge on any atom is -0.506 e. The van der Waals surface area contributed by atoms with Crippen LogP contribution >= 0.6 is 12.4 Å². The van der Waals surface area contributed by atoms with Crippen LogP contribution in [0.15, 0.2) is 36.8 Å². The van der Waals surface area contributed by atoms with Crippen LogP contribution in [0, 0.1) is 0 Å². The molecule has 2 aliphatic rings. The van der Waals surface area contributed by atoms with Crippen molar-refractivity contribution in [1.29, 1.82) is 0 Å². The highest BCUT2D eigenvalue weighted by molar-refractivity contribution is 5.85. The molecule has 2 atom stereocenters. The van der Waals surface area contributed by atoms with E-state index in [0.29, 0.717) is 23.0 Å². The largest absolute Gasteiger partial charge is 0.506 e. The smallest absolute Gasteiger partial charge is 0.233 e. The van der Waals surface area contributed by atoms with Crippen LogP contribution in [-0.4, -0.2) is 52.5 Å². The van der Waals surface area contributed by atoms with Gasteiger partial charge in [-0.1, -0.05) is 5.21 Å². The quantitative estimate of drug-likeness (QED) is 0.651. The Morgan fingerprint density at radius 3 is 2.53 bits per heavy atom. The van der Waals surface area contributed by atoms with Gasteiger partial charge in [0.2, 0.25) is 5.88 Å². The summed E-state index contributed by atoms with van der Waals surface area (Å²) in [5.74, 6) is 0.489. The molecule has 5 heterocycles. The van der Waals surface area contributed by atoms with E-state index in [-0.39, 0.29) is 35.3 Å². The van der Waals surface area contributed by atoms with Crippen LogP contribution in [-0.2, 0) is 0 Å². The number of fused-ring (bicyclic) bond motifs is 2. The highest BCUT2D eigenvalue weighted by Crippen LogP contribution is 2.43. The molecule has 2 N–H and O–H groups in total. The lowest BCUT2D eigenvalue weighted by Crippen LogP contribution is -2.56. The summed E-state index contributed by atoms with van der Waals surface area (Å²) in [4.78, 5) is 4.31. The molecule has 2 fully saturated rings. The Labute approximate surface area is 180 Å². The van der Waals surface area contributed by atoms with E-state index in [1.165, 1.54) is 17.5 Å². The summed E-state index contributed by atoms with van der Waals surface area (Å²) >= 11 is 0. The van der Waals surface area contributed by atoms with E-state index in [1.54, 1.807) is 36.8 Å². The van der Waals surface area contributed by atoms with E-state index >= 15 is 0 Å². The van der Waals surface area contributed by atoms with Gasteiger partial charge in [-0.15, -0.1) is 27.7 Å². The molecule has 10 heteroatoms. The summed E-state index contributed by atoms with van der Waals surface area (Å²) in [7, 11) is 0. The molecule has 0 aliphatic carbocycles. The van der Waals surface area contributed by atoms with Crippen LogP contribution in [0.25, 0.3) is 17.1 Å². The number of aromatic hydroxyl groups is 1. The molecule has 3 aromatic rings. The molecule has 3 aromatic heterocycles. The second-order valence-electron chi connectivity index (χ2n) is 8.56. The first-order valence-corrected chi connectivity index (χ1v) is 9.77. The number of hydrogen-bond acceptors (Lipinski definition) is 8. The van der Waals surface area contributed by atoms with Gasteiger partial charge < -0.3 is 15.2 Å². The minimum atomic E-state index is -0.00301. The third-order valence-corrected chi connectivity index (χ3v) is 5.90. The van der Waals surface area contributed by atoms with Gasteiger partial charge >= 0.3 is 0 Å². The molecule has 9 nitrogen and oxygen atoms in total. The van der Waals surface area contributed by atoms with Crippen molar-refractivity contribution in [2.45, 2.75) is 56.7 Å². The minimum absolute atomic E-state index is 0. The van der Waals surface area contributed by atoms with Gasteiger partial charge in [-0.05, 0) is 32.8 Å². The fourth-order valence-electron chi connectivity index (χ4n) is 4.66. The molecule has 0 spiro atoms. The molecular formula is C20H24ClN7O2. The average molecular weight is 430 g/mol. The lowest BCUT2D eigenvalue weighted by atomic mass is 9.86. The highest BCUT2D eigenvalue weighted by atomic mass is 35.5. The molecule has 0 amide bonds. The molecule has 0 aromatic carbocycles. The van der Waals surface area contributed by atoms with Crippen molar-refractivity contribution >= 4 is 12.4 Å². The van der Waals surface area contributed by atoms with Gasteiger partial charge in [-0.25, -0.2) is 9.67 Å². The number of pyridine rings is 1. The Hall–Kier alpha value is -2.78. The maximum Gasteiger partial charge on any atom is 0.233 e. The Bertz CT molecular complexity index is 1010. The van der Waals surface area contributed by atoms with Crippen molar-refractivity contribution in [3.05, 3.63) is 36.8 Å². The van der Waals surface area contributed by atoms with Gasteiger partial charge in [0, 0.05) is 36.1 Å². The number of halogens is 1. The Kier molecular flexibility index (Phi) is 5.11. The highest BCUT2D eigenvalue weighted by Gasteiger charge is 2.49. The molecule has 0 radical (unpaired) electrons. The van der Waals surface area contributed by atoms with Crippen LogP contribution in [0.5, 0.6) is 11.6 Å². The molecule has 30 heavy (non-hydrogen) atoms. The molecule has 158 valence electrons. The van der Waals surface area contributed by atoms with Gasteiger partial charge in [0.05, 0.1) is 24.3 Å².